The number of halogens is 3. The molecule has 0 aliphatic heterocycles. The lowest BCUT2D eigenvalue weighted by Crippen LogP contribution is -2.19. The zero-order chi connectivity index (χ0) is 18.1. The summed E-state index contributed by atoms with van der Waals surface area (Å²) in [6.07, 6.45) is -4.92. The Bertz CT molecular complexity index is 897. The lowest BCUT2D eigenvalue weighted by atomic mass is 10.2. The lowest BCUT2D eigenvalue weighted by Gasteiger charge is -2.14. The number of nitrogens with zero attached hydrogens (tertiary/aromatic N) is 1. The summed E-state index contributed by atoms with van der Waals surface area (Å²) in [7, 11) is -4.74. The molecule has 2 rings (SSSR count). The Morgan fingerprint density at radius 3 is 2.33 bits per heavy atom. The van der Waals surface area contributed by atoms with Crippen molar-refractivity contribution in [3.8, 4) is 5.75 Å². The molecule has 0 aliphatic rings. The van der Waals surface area contributed by atoms with E-state index in [1.807, 2.05) is 0 Å². The van der Waals surface area contributed by atoms with Gasteiger partial charge in [0, 0.05) is 12.1 Å². The van der Waals surface area contributed by atoms with Gasteiger partial charge in [0.05, 0.1) is 21.1 Å². The van der Waals surface area contributed by atoms with Crippen LogP contribution >= 0.6 is 0 Å². The Balaban J connectivity index is 2.51. The number of nitro groups is 1. The van der Waals surface area contributed by atoms with Gasteiger partial charge < -0.3 is 5.11 Å². The molecule has 0 atom stereocenters. The van der Waals surface area contributed by atoms with Crippen LogP contribution in [0.5, 0.6) is 5.75 Å². The second kappa shape index (κ2) is 6.00. The molecule has 7 nitrogen and oxygen atoms in total. The summed E-state index contributed by atoms with van der Waals surface area (Å²) in [4.78, 5) is 8.77. The smallest absolute Gasteiger partial charge is 0.417 e. The average Bonchev–Trinajstić information content (AvgIpc) is 2.48. The Kier molecular flexibility index (Phi) is 4.38. The van der Waals surface area contributed by atoms with E-state index >= 15 is 0 Å². The van der Waals surface area contributed by atoms with Gasteiger partial charge in [0.15, 0.2) is 0 Å². The van der Waals surface area contributed by atoms with E-state index in [1.165, 1.54) is 0 Å². The second-order valence-electron chi connectivity index (χ2n) is 4.56. The highest BCUT2D eigenvalue weighted by molar-refractivity contribution is 7.92. The van der Waals surface area contributed by atoms with E-state index < -0.39 is 48.7 Å². The number of anilines is 1. The Morgan fingerprint density at radius 2 is 1.75 bits per heavy atom. The van der Waals surface area contributed by atoms with Gasteiger partial charge >= 0.3 is 6.18 Å². The van der Waals surface area contributed by atoms with Crippen LogP contribution in [0.2, 0.25) is 0 Å². The Labute approximate surface area is 133 Å². The van der Waals surface area contributed by atoms with E-state index in [1.54, 1.807) is 4.72 Å². The zero-order valence-electron chi connectivity index (χ0n) is 11.6. The molecule has 0 unspecified atom stereocenters. The minimum atomic E-state index is -4.92. The number of phenols is 1. The van der Waals surface area contributed by atoms with Gasteiger partial charge in [-0.1, -0.05) is 12.1 Å². The van der Waals surface area contributed by atoms with Crippen LogP contribution in [0.15, 0.2) is 47.4 Å². The fraction of sp³-hybridized carbons (Fsp3) is 0.0769. The van der Waals surface area contributed by atoms with Crippen LogP contribution in [0.1, 0.15) is 5.56 Å². The van der Waals surface area contributed by atoms with Crippen molar-refractivity contribution in [2.45, 2.75) is 11.1 Å². The van der Waals surface area contributed by atoms with E-state index in [4.69, 9.17) is 0 Å². The topological polar surface area (TPSA) is 110 Å². The van der Waals surface area contributed by atoms with Crippen molar-refractivity contribution in [2.24, 2.45) is 0 Å². The van der Waals surface area contributed by atoms with Crippen LogP contribution < -0.4 is 4.72 Å². The van der Waals surface area contributed by atoms with E-state index in [0.717, 1.165) is 30.3 Å². The number of benzene rings is 2. The number of phenolic OH excluding ortho intramolecular Hbond substituents is 1. The minimum absolute atomic E-state index is 0.547. The molecule has 0 saturated heterocycles. The summed E-state index contributed by atoms with van der Waals surface area (Å²) in [5, 5.41) is 20.3. The summed E-state index contributed by atoms with van der Waals surface area (Å²) in [6, 6.07) is 5.90. The summed E-state index contributed by atoms with van der Waals surface area (Å²) in [6.45, 7) is 0. The van der Waals surface area contributed by atoms with Crippen molar-refractivity contribution in [3.63, 3.8) is 0 Å². The molecule has 0 heterocycles. The first-order valence-corrected chi connectivity index (χ1v) is 7.67. The summed E-state index contributed by atoms with van der Waals surface area (Å²) in [5.74, 6) is -0.673. The highest BCUT2D eigenvalue weighted by Crippen LogP contribution is 2.36. The first kappa shape index (κ1) is 17.5. The predicted octanol–water partition coefficient (Wildman–Crippen LogP) is 3.12. The van der Waals surface area contributed by atoms with Crippen molar-refractivity contribution < 1.29 is 31.6 Å². The molecule has 128 valence electrons. The number of aromatic hydroxyl groups is 1. The monoisotopic (exact) mass is 362 g/mol. The standard InChI is InChI=1S/C13H9F3N2O5S/c14-13(15,16)9-3-1-2-4-12(9)24(22,23)17-10-7-8(18(20)21)5-6-11(10)19/h1-7,17,19H. The number of alkyl halides is 3. The van der Waals surface area contributed by atoms with Crippen molar-refractivity contribution in [3.05, 3.63) is 58.1 Å². The van der Waals surface area contributed by atoms with Gasteiger partial charge in [-0.25, -0.2) is 8.42 Å². The molecule has 2 aromatic carbocycles. The first-order chi connectivity index (χ1) is 11.0. The molecule has 0 amide bonds. The van der Waals surface area contributed by atoms with Crippen LogP contribution in [0.3, 0.4) is 0 Å². The fourth-order valence-corrected chi connectivity index (χ4v) is 3.15. The molecular weight excluding hydrogens is 353 g/mol. The van der Waals surface area contributed by atoms with Crippen molar-refractivity contribution in [1.82, 2.24) is 0 Å². The number of non-ortho nitro benzene ring substituents is 1. The normalized spacial score (nSPS) is 12.0. The van der Waals surface area contributed by atoms with E-state index in [0.29, 0.717) is 12.1 Å². The fourth-order valence-electron chi connectivity index (χ4n) is 1.85. The quantitative estimate of drug-likeness (QED) is 0.493. The number of hydrogen-bond acceptors (Lipinski definition) is 5. The third-order valence-electron chi connectivity index (χ3n) is 2.92. The molecule has 2 aromatic rings. The highest BCUT2D eigenvalue weighted by atomic mass is 32.2. The van der Waals surface area contributed by atoms with Crippen molar-refractivity contribution in [1.29, 1.82) is 0 Å². The molecule has 0 fully saturated rings. The van der Waals surface area contributed by atoms with Gasteiger partial charge in [-0.05, 0) is 18.2 Å². The van der Waals surface area contributed by atoms with E-state index in [-0.39, 0.29) is 0 Å². The SMILES string of the molecule is O=[N+]([O-])c1ccc(O)c(NS(=O)(=O)c2ccccc2C(F)(F)F)c1. The Morgan fingerprint density at radius 1 is 1.12 bits per heavy atom. The third kappa shape index (κ3) is 3.56. The maximum Gasteiger partial charge on any atom is 0.417 e. The zero-order valence-corrected chi connectivity index (χ0v) is 12.4. The molecule has 0 aromatic heterocycles. The summed E-state index contributed by atoms with van der Waals surface area (Å²) >= 11 is 0. The number of rotatable bonds is 4. The van der Waals surface area contributed by atoms with Gasteiger partial charge in [-0.2, -0.15) is 13.2 Å². The second-order valence-corrected chi connectivity index (χ2v) is 6.21. The molecule has 2 N–H and O–H groups in total. The summed E-state index contributed by atoms with van der Waals surface area (Å²) in [5.41, 5.74) is -2.56. The third-order valence-corrected chi connectivity index (χ3v) is 4.34. The van der Waals surface area contributed by atoms with Crippen LogP contribution in [-0.2, 0) is 16.2 Å². The van der Waals surface area contributed by atoms with E-state index in [2.05, 4.69) is 0 Å². The number of nitro benzene ring substituents is 1. The number of hydrogen-bond donors (Lipinski definition) is 2. The van der Waals surface area contributed by atoms with E-state index in [9.17, 15) is 36.8 Å². The van der Waals surface area contributed by atoms with Gasteiger partial charge in [0.2, 0.25) is 0 Å². The molecule has 0 radical (unpaired) electrons. The average molecular weight is 362 g/mol. The largest absolute Gasteiger partial charge is 0.506 e. The molecular formula is C13H9F3N2O5S. The molecule has 0 saturated carbocycles. The van der Waals surface area contributed by atoms with Crippen LogP contribution in [-0.4, -0.2) is 18.4 Å². The maximum atomic E-state index is 12.9. The van der Waals surface area contributed by atoms with Crippen LogP contribution in [0.4, 0.5) is 24.5 Å². The predicted molar refractivity (Wildman–Crippen MR) is 77.0 cm³/mol. The van der Waals surface area contributed by atoms with Crippen LogP contribution in [0.25, 0.3) is 0 Å². The minimum Gasteiger partial charge on any atom is -0.506 e. The highest BCUT2D eigenvalue weighted by Gasteiger charge is 2.37. The van der Waals surface area contributed by atoms with Gasteiger partial charge in [-0.3, -0.25) is 14.8 Å². The van der Waals surface area contributed by atoms with Gasteiger partial charge in [0.25, 0.3) is 15.7 Å². The molecule has 11 heteroatoms. The van der Waals surface area contributed by atoms with Gasteiger partial charge in [-0.15, -0.1) is 0 Å². The molecule has 0 spiro atoms. The molecule has 0 aliphatic carbocycles. The number of sulfonamides is 1. The summed E-state index contributed by atoms with van der Waals surface area (Å²) < 4.78 is 65.0. The molecule has 24 heavy (non-hydrogen) atoms. The maximum absolute atomic E-state index is 12.9. The molecule has 0 bridgehead atoms. The van der Waals surface area contributed by atoms with Crippen molar-refractivity contribution >= 4 is 21.4 Å². The lowest BCUT2D eigenvalue weighted by molar-refractivity contribution is -0.384. The first-order valence-electron chi connectivity index (χ1n) is 6.19. The van der Waals surface area contributed by atoms with Gasteiger partial charge in [0.1, 0.15) is 5.75 Å². The number of nitrogens with one attached hydrogen (secondary N) is 1. The Hall–Kier alpha value is -2.82. The van der Waals surface area contributed by atoms with Crippen molar-refractivity contribution in [2.75, 3.05) is 4.72 Å². The van der Waals surface area contributed by atoms with Crippen LogP contribution in [0, 0.1) is 10.1 Å².